The lowest BCUT2D eigenvalue weighted by atomic mass is 9.85. The Balaban J connectivity index is 1.93. The molecule has 1 aromatic carbocycles. The van der Waals surface area contributed by atoms with E-state index in [1.54, 1.807) is 0 Å². The summed E-state index contributed by atoms with van der Waals surface area (Å²) < 4.78 is 6.79. The van der Waals surface area contributed by atoms with E-state index in [9.17, 15) is 4.79 Å². The summed E-state index contributed by atoms with van der Waals surface area (Å²) in [6, 6.07) is 10.1. The summed E-state index contributed by atoms with van der Waals surface area (Å²) >= 11 is 0. The van der Waals surface area contributed by atoms with Crippen LogP contribution in [0.2, 0.25) is 0 Å². The number of benzene rings is 1. The summed E-state index contributed by atoms with van der Waals surface area (Å²) in [5.74, 6) is 0.0963. The van der Waals surface area contributed by atoms with E-state index in [-0.39, 0.29) is 11.9 Å². The van der Waals surface area contributed by atoms with Crippen molar-refractivity contribution in [2.24, 2.45) is 0 Å². The molecule has 1 heterocycles. The van der Waals surface area contributed by atoms with Gasteiger partial charge in [-0.2, -0.15) is 5.10 Å². The SMILES string of the molecule is COC(=O)C[C@@H]1CCCc2c1cnn2-c1ccccc1. The molecule has 4 heteroatoms. The van der Waals surface area contributed by atoms with Crippen LogP contribution in [-0.2, 0) is 16.0 Å². The van der Waals surface area contributed by atoms with Crippen LogP contribution >= 0.6 is 0 Å². The molecule has 0 bridgehead atoms. The molecule has 4 nitrogen and oxygen atoms in total. The molecule has 2 aromatic rings. The van der Waals surface area contributed by atoms with Crippen molar-refractivity contribution >= 4 is 5.97 Å². The van der Waals surface area contributed by atoms with E-state index in [0.29, 0.717) is 6.42 Å². The number of hydrogen-bond acceptors (Lipinski definition) is 3. The molecule has 0 aliphatic heterocycles. The number of para-hydroxylation sites is 1. The van der Waals surface area contributed by atoms with E-state index < -0.39 is 0 Å². The van der Waals surface area contributed by atoms with E-state index in [2.05, 4.69) is 17.2 Å². The van der Waals surface area contributed by atoms with Crippen LogP contribution in [-0.4, -0.2) is 22.9 Å². The lowest BCUT2D eigenvalue weighted by Gasteiger charge is -2.22. The molecule has 20 heavy (non-hydrogen) atoms. The van der Waals surface area contributed by atoms with Crippen LogP contribution in [0.4, 0.5) is 0 Å². The highest BCUT2D eigenvalue weighted by Gasteiger charge is 2.26. The van der Waals surface area contributed by atoms with E-state index in [0.717, 1.165) is 24.9 Å². The lowest BCUT2D eigenvalue weighted by molar-refractivity contribution is -0.141. The van der Waals surface area contributed by atoms with Crippen molar-refractivity contribution in [3.05, 3.63) is 47.8 Å². The highest BCUT2D eigenvalue weighted by molar-refractivity contribution is 5.70. The zero-order valence-corrected chi connectivity index (χ0v) is 11.6. The number of esters is 1. The predicted molar refractivity (Wildman–Crippen MR) is 75.9 cm³/mol. The Bertz CT molecular complexity index is 604. The molecular formula is C16H18N2O2. The smallest absolute Gasteiger partial charge is 0.306 e. The van der Waals surface area contributed by atoms with Gasteiger partial charge in [-0.1, -0.05) is 18.2 Å². The summed E-state index contributed by atoms with van der Waals surface area (Å²) in [6.07, 6.45) is 5.50. The molecule has 0 radical (unpaired) electrons. The van der Waals surface area contributed by atoms with Crippen LogP contribution in [0.25, 0.3) is 5.69 Å². The minimum atomic E-state index is -0.143. The Labute approximate surface area is 118 Å². The minimum Gasteiger partial charge on any atom is -0.469 e. The third kappa shape index (κ3) is 2.33. The summed E-state index contributed by atoms with van der Waals surface area (Å²) in [4.78, 5) is 11.5. The van der Waals surface area contributed by atoms with Gasteiger partial charge in [0.25, 0.3) is 0 Å². The van der Waals surface area contributed by atoms with Crippen molar-refractivity contribution in [1.82, 2.24) is 9.78 Å². The highest BCUT2D eigenvalue weighted by Crippen LogP contribution is 2.35. The normalized spacial score (nSPS) is 17.6. The van der Waals surface area contributed by atoms with E-state index in [1.165, 1.54) is 18.4 Å². The van der Waals surface area contributed by atoms with Gasteiger partial charge < -0.3 is 4.74 Å². The van der Waals surface area contributed by atoms with Crippen molar-refractivity contribution in [2.45, 2.75) is 31.6 Å². The van der Waals surface area contributed by atoms with Gasteiger partial charge in [0.05, 0.1) is 25.4 Å². The summed E-state index contributed by atoms with van der Waals surface area (Å²) in [6.45, 7) is 0. The molecule has 1 atom stereocenters. The number of carbonyl (C=O) groups excluding carboxylic acids is 1. The zero-order chi connectivity index (χ0) is 13.9. The van der Waals surface area contributed by atoms with E-state index in [1.807, 2.05) is 29.1 Å². The third-order valence-corrected chi connectivity index (χ3v) is 3.95. The van der Waals surface area contributed by atoms with Crippen LogP contribution in [0.1, 0.15) is 36.4 Å². The van der Waals surface area contributed by atoms with E-state index in [4.69, 9.17) is 4.74 Å². The Morgan fingerprint density at radius 3 is 2.95 bits per heavy atom. The van der Waals surface area contributed by atoms with Crippen molar-refractivity contribution in [3.63, 3.8) is 0 Å². The molecule has 0 amide bonds. The highest BCUT2D eigenvalue weighted by atomic mass is 16.5. The van der Waals surface area contributed by atoms with Crippen LogP contribution in [0, 0.1) is 0 Å². The fourth-order valence-electron chi connectivity index (χ4n) is 2.94. The number of carbonyl (C=O) groups is 1. The predicted octanol–water partition coefficient (Wildman–Crippen LogP) is 2.86. The number of methoxy groups -OCH3 is 1. The second kappa shape index (κ2) is 5.49. The first kappa shape index (κ1) is 12.9. The van der Waals surface area contributed by atoms with Gasteiger partial charge in [0, 0.05) is 5.69 Å². The summed E-state index contributed by atoms with van der Waals surface area (Å²) in [7, 11) is 1.44. The Hall–Kier alpha value is -2.10. The molecule has 1 aromatic heterocycles. The molecule has 0 saturated carbocycles. The Morgan fingerprint density at radius 2 is 2.20 bits per heavy atom. The van der Waals surface area contributed by atoms with Gasteiger partial charge in [-0.05, 0) is 42.9 Å². The Morgan fingerprint density at radius 1 is 1.40 bits per heavy atom. The molecule has 1 aliphatic rings. The van der Waals surface area contributed by atoms with Crippen molar-refractivity contribution in [3.8, 4) is 5.69 Å². The fourth-order valence-corrected chi connectivity index (χ4v) is 2.94. The first-order valence-corrected chi connectivity index (χ1v) is 6.98. The van der Waals surface area contributed by atoms with Gasteiger partial charge in [0.1, 0.15) is 0 Å². The molecule has 3 rings (SSSR count). The molecular weight excluding hydrogens is 252 g/mol. The van der Waals surface area contributed by atoms with Crippen molar-refractivity contribution < 1.29 is 9.53 Å². The maximum atomic E-state index is 11.5. The monoisotopic (exact) mass is 270 g/mol. The molecule has 0 unspecified atom stereocenters. The number of aromatic nitrogens is 2. The number of ether oxygens (including phenoxy) is 1. The quantitative estimate of drug-likeness (QED) is 0.805. The maximum absolute atomic E-state index is 11.5. The van der Waals surface area contributed by atoms with E-state index >= 15 is 0 Å². The molecule has 0 N–H and O–H groups in total. The summed E-state index contributed by atoms with van der Waals surface area (Å²) in [5.41, 5.74) is 3.51. The molecule has 0 spiro atoms. The molecule has 0 fully saturated rings. The average Bonchev–Trinajstić information content (AvgIpc) is 2.93. The first-order valence-electron chi connectivity index (χ1n) is 6.98. The number of rotatable bonds is 3. The minimum absolute atomic E-state index is 0.143. The topological polar surface area (TPSA) is 44.1 Å². The third-order valence-electron chi connectivity index (χ3n) is 3.95. The van der Waals surface area contributed by atoms with Gasteiger partial charge in [-0.25, -0.2) is 4.68 Å². The molecule has 0 saturated heterocycles. The average molecular weight is 270 g/mol. The Kier molecular flexibility index (Phi) is 3.54. The van der Waals surface area contributed by atoms with Gasteiger partial charge in [-0.15, -0.1) is 0 Å². The second-order valence-corrected chi connectivity index (χ2v) is 5.16. The summed E-state index contributed by atoms with van der Waals surface area (Å²) in [5, 5.41) is 4.52. The zero-order valence-electron chi connectivity index (χ0n) is 11.6. The van der Waals surface area contributed by atoms with Gasteiger partial charge in [0.15, 0.2) is 0 Å². The van der Waals surface area contributed by atoms with Crippen molar-refractivity contribution in [1.29, 1.82) is 0 Å². The maximum Gasteiger partial charge on any atom is 0.306 e. The van der Waals surface area contributed by atoms with Crippen molar-refractivity contribution in [2.75, 3.05) is 7.11 Å². The van der Waals surface area contributed by atoms with Crippen LogP contribution < -0.4 is 0 Å². The van der Waals surface area contributed by atoms with Crippen LogP contribution in [0.5, 0.6) is 0 Å². The van der Waals surface area contributed by atoms with Crippen LogP contribution in [0.3, 0.4) is 0 Å². The number of hydrogen-bond donors (Lipinski definition) is 0. The van der Waals surface area contributed by atoms with Gasteiger partial charge in [0.2, 0.25) is 0 Å². The largest absolute Gasteiger partial charge is 0.469 e. The fraction of sp³-hybridized carbons (Fsp3) is 0.375. The van der Waals surface area contributed by atoms with Gasteiger partial charge in [-0.3, -0.25) is 4.79 Å². The molecule has 104 valence electrons. The first-order chi connectivity index (χ1) is 9.79. The number of nitrogens with zero attached hydrogens (tertiary/aromatic N) is 2. The molecule has 1 aliphatic carbocycles. The lowest BCUT2D eigenvalue weighted by Crippen LogP contribution is -2.15. The second-order valence-electron chi connectivity index (χ2n) is 5.16. The van der Waals surface area contributed by atoms with Crippen LogP contribution in [0.15, 0.2) is 36.5 Å². The standard InChI is InChI=1S/C16H18N2O2/c1-20-16(19)10-12-6-5-9-15-14(12)11-17-18(15)13-7-3-2-4-8-13/h2-4,7-8,11-12H,5-6,9-10H2,1H3/t12-/m0/s1. The number of fused-ring (bicyclic) bond motifs is 1. The van der Waals surface area contributed by atoms with Gasteiger partial charge >= 0.3 is 5.97 Å².